The zero-order valence-corrected chi connectivity index (χ0v) is 11.3. The van der Waals surface area contributed by atoms with E-state index < -0.39 is 0 Å². The molecule has 2 fully saturated rings. The molecule has 3 rings (SSSR count). The van der Waals surface area contributed by atoms with Crippen LogP contribution >= 0.6 is 11.6 Å². The average molecular weight is 264 g/mol. The van der Waals surface area contributed by atoms with E-state index in [1.54, 1.807) is 0 Å². The number of nitrogens with one attached hydrogen (secondary N) is 1. The molecule has 0 spiro atoms. The van der Waals surface area contributed by atoms with Crippen LogP contribution < -0.4 is 5.32 Å². The van der Waals surface area contributed by atoms with Crippen molar-refractivity contribution in [2.24, 2.45) is 17.8 Å². The highest BCUT2D eigenvalue weighted by Gasteiger charge is 2.43. The van der Waals surface area contributed by atoms with Gasteiger partial charge >= 0.3 is 0 Å². The van der Waals surface area contributed by atoms with E-state index in [1.165, 1.54) is 19.3 Å². The maximum Gasteiger partial charge on any atom is 0.227 e. The van der Waals surface area contributed by atoms with Gasteiger partial charge in [0.1, 0.15) is 0 Å². The summed E-state index contributed by atoms with van der Waals surface area (Å²) in [6.45, 7) is 1.94. The van der Waals surface area contributed by atoms with Gasteiger partial charge in [0, 0.05) is 16.6 Å². The molecule has 1 N–H and O–H groups in total. The quantitative estimate of drug-likeness (QED) is 0.858. The maximum absolute atomic E-state index is 12.3. The van der Waals surface area contributed by atoms with E-state index in [9.17, 15) is 4.79 Å². The van der Waals surface area contributed by atoms with E-state index in [0.29, 0.717) is 10.9 Å². The van der Waals surface area contributed by atoms with Crippen LogP contribution in [0.1, 0.15) is 31.2 Å². The minimum absolute atomic E-state index is 0.188. The van der Waals surface area contributed by atoms with Crippen molar-refractivity contribution in [3.05, 3.63) is 28.8 Å². The van der Waals surface area contributed by atoms with E-state index in [4.69, 9.17) is 11.6 Å². The first-order chi connectivity index (χ1) is 8.65. The zero-order valence-electron chi connectivity index (χ0n) is 10.6. The van der Waals surface area contributed by atoms with E-state index in [-0.39, 0.29) is 11.8 Å². The molecular weight excluding hydrogens is 246 g/mol. The topological polar surface area (TPSA) is 29.1 Å². The summed E-state index contributed by atoms with van der Waals surface area (Å²) in [7, 11) is 0. The van der Waals surface area contributed by atoms with E-state index in [2.05, 4.69) is 5.32 Å². The Labute approximate surface area is 113 Å². The highest BCUT2D eigenvalue weighted by atomic mass is 35.5. The lowest BCUT2D eigenvalue weighted by Crippen LogP contribution is -2.27. The summed E-state index contributed by atoms with van der Waals surface area (Å²) < 4.78 is 0. The van der Waals surface area contributed by atoms with Crippen LogP contribution in [0.3, 0.4) is 0 Å². The second-order valence-corrected chi connectivity index (χ2v) is 6.09. The lowest BCUT2D eigenvalue weighted by atomic mass is 9.88. The number of carbonyl (C=O) groups is 1. The first kappa shape index (κ1) is 12.0. The van der Waals surface area contributed by atoms with Crippen LogP contribution in [0.4, 0.5) is 5.69 Å². The first-order valence-electron chi connectivity index (χ1n) is 6.71. The molecule has 1 aromatic rings. The number of hydrogen-bond donors (Lipinski definition) is 1. The predicted molar refractivity (Wildman–Crippen MR) is 73.8 cm³/mol. The summed E-state index contributed by atoms with van der Waals surface area (Å²) in [5, 5.41) is 3.76. The molecule has 1 amide bonds. The molecule has 2 bridgehead atoms. The molecular formula is C15H18ClNO. The molecule has 2 aliphatic carbocycles. The van der Waals surface area contributed by atoms with Gasteiger partial charge in [-0.3, -0.25) is 4.79 Å². The second kappa shape index (κ2) is 4.58. The van der Waals surface area contributed by atoms with E-state index in [0.717, 1.165) is 23.6 Å². The predicted octanol–water partition coefficient (Wildman–Crippen LogP) is 4.02. The lowest BCUT2D eigenvalue weighted by molar-refractivity contribution is -0.121. The minimum atomic E-state index is 0.188. The van der Waals surface area contributed by atoms with Gasteiger partial charge in [0.05, 0.1) is 0 Å². The highest BCUT2D eigenvalue weighted by molar-refractivity contribution is 6.31. The Balaban J connectivity index is 1.73. The number of benzene rings is 1. The number of halogens is 1. The fraction of sp³-hybridized carbons (Fsp3) is 0.533. The van der Waals surface area contributed by atoms with Crippen molar-refractivity contribution < 1.29 is 4.79 Å². The Morgan fingerprint density at radius 2 is 2.17 bits per heavy atom. The van der Waals surface area contributed by atoms with Gasteiger partial charge in [-0.2, -0.15) is 0 Å². The molecule has 0 aromatic heterocycles. The Kier molecular flexibility index (Phi) is 3.06. The van der Waals surface area contributed by atoms with Crippen molar-refractivity contribution in [2.75, 3.05) is 5.32 Å². The van der Waals surface area contributed by atoms with Crippen LogP contribution in [0.15, 0.2) is 18.2 Å². The average Bonchev–Trinajstić information content (AvgIpc) is 2.97. The summed E-state index contributed by atoms with van der Waals surface area (Å²) in [4.78, 5) is 12.3. The summed E-state index contributed by atoms with van der Waals surface area (Å²) in [5.41, 5.74) is 1.81. The zero-order chi connectivity index (χ0) is 12.7. The van der Waals surface area contributed by atoms with Gasteiger partial charge < -0.3 is 5.32 Å². The molecule has 3 heteroatoms. The number of rotatable bonds is 2. The summed E-state index contributed by atoms with van der Waals surface area (Å²) in [5.74, 6) is 1.83. The third-order valence-electron chi connectivity index (χ3n) is 4.60. The first-order valence-corrected chi connectivity index (χ1v) is 7.09. The SMILES string of the molecule is Cc1c(Cl)cccc1NC(=O)[C@@H]1C[C@@H]2CC[C@@H]1C2. The largest absolute Gasteiger partial charge is 0.326 e. The van der Waals surface area contributed by atoms with Crippen molar-refractivity contribution in [2.45, 2.75) is 32.6 Å². The Morgan fingerprint density at radius 1 is 1.33 bits per heavy atom. The number of carbonyl (C=O) groups excluding carboxylic acids is 1. The number of anilines is 1. The standard InChI is InChI=1S/C15H18ClNO/c1-9-13(16)3-2-4-14(9)17-15(18)12-8-10-5-6-11(12)7-10/h2-4,10-12H,5-8H2,1H3,(H,17,18)/t10-,11-,12-/m1/s1. The van der Waals surface area contributed by atoms with Crippen molar-refractivity contribution in [3.8, 4) is 0 Å². The van der Waals surface area contributed by atoms with Crippen LogP contribution in [-0.4, -0.2) is 5.91 Å². The van der Waals surface area contributed by atoms with Crippen molar-refractivity contribution in [1.82, 2.24) is 0 Å². The molecule has 3 atom stereocenters. The summed E-state index contributed by atoms with van der Waals surface area (Å²) in [6, 6.07) is 5.65. The molecule has 0 aliphatic heterocycles. The van der Waals surface area contributed by atoms with Gasteiger partial charge in [-0.1, -0.05) is 24.1 Å². The fourth-order valence-corrected chi connectivity index (χ4v) is 3.71. The highest BCUT2D eigenvalue weighted by Crippen LogP contribution is 2.48. The van der Waals surface area contributed by atoms with Gasteiger partial charge in [0.2, 0.25) is 5.91 Å². The van der Waals surface area contributed by atoms with Crippen LogP contribution in [0.2, 0.25) is 5.02 Å². The van der Waals surface area contributed by atoms with E-state index >= 15 is 0 Å². The minimum Gasteiger partial charge on any atom is -0.326 e. The second-order valence-electron chi connectivity index (χ2n) is 5.68. The molecule has 0 heterocycles. The Hall–Kier alpha value is -1.02. The van der Waals surface area contributed by atoms with Crippen LogP contribution in [-0.2, 0) is 4.79 Å². The van der Waals surface area contributed by atoms with Gasteiger partial charge in [0.15, 0.2) is 0 Å². The molecule has 1 aromatic carbocycles. The van der Waals surface area contributed by atoms with Crippen LogP contribution in [0.25, 0.3) is 0 Å². The third kappa shape index (κ3) is 2.03. The Morgan fingerprint density at radius 3 is 2.83 bits per heavy atom. The van der Waals surface area contributed by atoms with Gasteiger partial charge in [-0.15, -0.1) is 0 Å². The number of amides is 1. The van der Waals surface area contributed by atoms with Crippen molar-refractivity contribution in [1.29, 1.82) is 0 Å². The van der Waals surface area contributed by atoms with Crippen molar-refractivity contribution in [3.63, 3.8) is 0 Å². The summed E-state index contributed by atoms with van der Waals surface area (Å²) in [6.07, 6.45) is 4.89. The smallest absolute Gasteiger partial charge is 0.227 e. The van der Waals surface area contributed by atoms with Gasteiger partial charge in [0.25, 0.3) is 0 Å². The molecule has 18 heavy (non-hydrogen) atoms. The lowest BCUT2D eigenvalue weighted by Gasteiger charge is -2.21. The normalized spacial score (nSPS) is 29.6. The molecule has 2 saturated carbocycles. The fourth-order valence-electron chi connectivity index (χ4n) is 3.53. The molecule has 2 nitrogen and oxygen atoms in total. The molecule has 0 radical (unpaired) electrons. The van der Waals surface area contributed by atoms with Crippen LogP contribution in [0.5, 0.6) is 0 Å². The number of fused-ring (bicyclic) bond motifs is 2. The maximum atomic E-state index is 12.3. The van der Waals surface area contributed by atoms with E-state index in [1.807, 2.05) is 25.1 Å². The Bertz CT molecular complexity index is 485. The van der Waals surface area contributed by atoms with Gasteiger partial charge in [-0.25, -0.2) is 0 Å². The molecule has 0 saturated heterocycles. The third-order valence-corrected chi connectivity index (χ3v) is 5.01. The molecule has 0 unspecified atom stereocenters. The molecule has 96 valence electrons. The monoisotopic (exact) mass is 263 g/mol. The van der Waals surface area contributed by atoms with Crippen molar-refractivity contribution >= 4 is 23.2 Å². The van der Waals surface area contributed by atoms with Gasteiger partial charge in [-0.05, 0) is 55.7 Å². The summed E-state index contributed by atoms with van der Waals surface area (Å²) >= 11 is 6.07. The number of hydrogen-bond acceptors (Lipinski definition) is 1. The molecule has 2 aliphatic rings. The van der Waals surface area contributed by atoms with Crippen LogP contribution in [0, 0.1) is 24.7 Å².